The van der Waals surface area contributed by atoms with Gasteiger partial charge in [0.2, 0.25) is 0 Å². The van der Waals surface area contributed by atoms with E-state index in [9.17, 15) is 0 Å². The lowest BCUT2D eigenvalue weighted by Crippen LogP contribution is -2.41. The van der Waals surface area contributed by atoms with Gasteiger partial charge in [0, 0.05) is 36.8 Å². The summed E-state index contributed by atoms with van der Waals surface area (Å²) in [6, 6.07) is 2.38. The average molecular weight is 349 g/mol. The number of guanidine groups is 1. The Bertz CT molecular complexity index is 658. The SMILES string of the molecule is CCNC(=NCc1sccc1C)NCC(c1cnn(C)c1)N(C)C. The highest BCUT2D eigenvalue weighted by molar-refractivity contribution is 7.10. The van der Waals surface area contributed by atoms with Gasteiger partial charge in [-0.3, -0.25) is 4.68 Å². The van der Waals surface area contributed by atoms with Crippen molar-refractivity contribution in [3.05, 3.63) is 39.8 Å². The monoisotopic (exact) mass is 348 g/mol. The molecule has 2 heterocycles. The number of thiophene rings is 1. The summed E-state index contributed by atoms with van der Waals surface area (Å²) in [4.78, 5) is 8.21. The molecule has 0 radical (unpaired) electrons. The third-order valence-electron chi connectivity index (χ3n) is 3.89. The minimum Gasteiger partial charge on any atom is -0.357 e. The van der Waals surface area contributed by atoms with Crippen LogP contribution in [0.15, 0.2) is 28.8 Å². The van der Waals surface area contributed by atoms with E-state index in [1.165, 1.54) is 16.0 Å². The number of aryl methyl sites for hydroxylation is 2. The van der Waals surface area contributed by atoms with Gasteiger partial charge in [0.15, 0.2) is 5.96 Å². The lowest BCUT2D eigenvalue weighted by atomic mass is 10.1. The van der Waals surface area contributed by atoms with Crippen LogP contribution in [0.4, 0.5) is 0 Å². The van der Waals surface area contributed by atoms with E-state index in [1.54, 1.807) is 11.3 Å². The van der Waals surface area contributed by atoms with Crippen molar-refractivity contribution in [2.75, 3.05) is 27.2 Å². The highest BCUT2D eigenvalue weighted by Gasteiger charge is 2.16. The van der Waals surface area contributed by atoms with Crippen molar-refractivity contribution < 1.29 is 0 Å². The van der Waals surface area contributed by atoms with Crippen molar-refractivity contribution in [1.29, 1.82) is 0 Å². The topological polar surface area (TPSA) is 57.5 Å². The number of rotatable bonds is 7. The summed E-state index contributed by atoms with van der Waals surface area (Å²) in [6.07, 6.45) is 3.98. The minimum atomic E-state index is 0.242. The molecule has 24 heavy (non-hydrogen) atoms. The van der Waals surface area contributed by atoms with E-state index < -0.39 is 0 Å². The zero-order valence-corrected chi connectivity index (χ0v) is 16.0. The van der Waals surface area contributed by atoms with E-state index in [-0.39, 0.29) is 6.04 Å². The number of aromatic nitrogens is 2. The van der Waals surface area contributed by atoms with E-state index in [4.69, 9.17) is 4.99 Å². The van der Waals surface area contributed by atoms with Gasteiger partial charge in [-0.05, 0) is 45.0 Å². The standard InChI is InChI=1S/C17H28N6S/c1-6-18-17(20-11-16-13(2)7-8-24-16)19-10-15(22(3)4)14-9-21-23(5)12-14/h7-9,12,15H,6,10-11H2,1-5H3,(H2,18,19,20). The van der Waals surface area contributed by atoms with Crippen LogP contribution in [0.1, 0.15) is 29.0 Å². The van der Waals surface area contributed by atoms with Crippen LogP contribution < -0.4 is 10.6 Å². The predicted molar refractivity (Wildman–Crippen MR) is 102 cm³/mol. The molecule has 1 atom stereocenters. The van der Waals surface area contributed by atoms with Crippen LogP contribution in [0, 0.1) is 6.92 Å². The summed E-state index contributed by atoms with van der Waals surface area (Å²) in [5.74, 6) is 0.848. The normalized spacial score (nSPS) is 13.3. The third kappa shape index (κ3) is 5.07. The molecule has 2 rings (SSSR count). The largest absolute Gasteiger partial charge is 0.357 e. The number of hydrogen-bond donors (Lipinski definition) is 2. The zero-order valence-electron chi connectivity index (χ0n) is 15.2. The van der Waals surface area contributed by atoms with E-state index in [2.05, 4.69) is 66.2 Å². The number of aliphatic imine (C=N–C) groups is 1. The molecular formula is C17H28N6S. The van der Waals surface area contributed by atoms with Gasteiger partial charge in [-0.25, -0.2) is 4.99 Å². The molecule has 0 bridgehead atoms. The molecule has 0 fully saturated rings. The number of nitrogens with one attached hydrogen (secondary N) is 2. The molecule has 0 saturated heterocycles. The lowest BCUT2D eigenvalue weighted by Gasteiger charge is -2.24. The molecule has 132 valence electrons. The second-order valence-electron chi connectivity index (χ2n) is 6.03. The van der Waals surface area contributed by atoms with Crippen LogP contribution in [0.2, 0.25) is 0 Å². The Labute approximate surface area is 148 Å². The van der Waals surface area contributed by atoms with Crippen molar-refractivity contribution in [2.45, 2.75) is 26.4 Å². The Balaban J connectivity index is 2.02. The van der Waals surface area contributed by atoms with Crippen LogP contribution in [-0.2, 0) is 13.6 Å². The summed E-state index contributed by atoms with van der Waals surface area (Å²) in [7, 11) is 6.11. The minimum absolute atomic E-state index is 0.242. The Kier molecular flexibility index (Phi) is 6.81. The molecule has 0 aliphatic heterocycles. The highest BCUT2D eigenvalue weighted by atomic mass is 32.1. The molecular weight excluding hydrogens is 320 g/mol. The van der Waals surface area contributed by atoms with Gasteiger partial charge in [-0.2, -0.15) is 5.10 Å². The summed E-state index contributed by atoms with van der Waals surface area (Å²) in [6.45, 7) is 6.53. The molecule has 7 heteroatoms. The number of hydrogen-bond acceptors (Lipinski definition) is 4. The van der Waals surface area contributed by atoms with Crippen molar-refractivity contribution in [3.8, 4) is 0 Å². The number of likely N-dealkylation sites (N-methyl/N-ethyl adjacent to an activating group) is 1. The molecule has 0 spiro atoms. The maximum absolute atomic E-state index is 4.71. The van der Waals surface area contributed by atoms with Crippen LogP contribution in [0.5, 0.6) is 0 Å². The molecule has 2 N–H and O–H groups in total. The molecule has 0 aliphatic rings. The summed E-state index contributed by atoms with van der Waals surface area (Å²) >= 11 is 1.76. The van der Waals surface area contributed by atoms with E-state index in [1.807, 2.05) is 17.9 Å². The van der Waals surface area contributed by atoms with Gasteiger partial charge < -0.3 is 15.5 Å². The van der Waals surface area contributed by atoms with E-state index >= 15 is 0 Å². The lowest BCUT2D eigenvalue weighted by molar-refractivity contribution is 0.298. The molecule has 0 amide bonds. The van der Waals surface area contributed by atoms with E-state index in [0.29, 0.717) is 6.54 Å². The van der Waals surface area contributed by atoms with Crippen molar-refractivity contribution in [3.63, 3.8) is 0 Å². The first-order valence-corrected chi connectivity index (χ1v) is 9.09. The maximum Gasteiger partial charge on any atom is 0.191 e. The quantitative estimate of drug-likeness (QED) is 0.595. The van der Waals surface area contributed by atoms with Crippen molar-refractivity contribution >= 4 is 17.3 Å². The average Bonchev–Trinajstić information content (AvgIpc) is 3.13. The first kappa shape index (κ1) is 18.5. The van der Waals surface area contributed by atoms with Gasteiger partial charge in [-0.1, -0.05) is 0 Å². The first-order valence-electron chi connectivity index (χ1n) is 8.21. The molecule has 0 aromatic carbocycles. The van der Waals surface area contributed by atoms with Crippen LogP contribution in [0.25, 0.3) is 0 Å². The van der Waals surface area contributed by atoms with Gasteiger partial charge in [0.1, 0.15) is 0 Å². The fourth-order valence-corrected chi connectivity index (χ4v) is 3.29. The Morgan fingerprint density at radius 3 is 2.75 bits per heavy atom. The van der Waals surface area contributed by atoms with Gasteiger partial charge in [0.05, 0.1) is 18.8 Å². The molecule has 0 aliphatic carbocycles. The number of nitrogens with zero attached hydrogens (tertiary/aromatic N) is 4. The predicted octanol–water partition coefficient (Wildman–Crippen LogP) is 2.15. The van der Waals surface area contributed by atoms with Gasteiger partial charge in [0.25, 0.3) is 0 Å². The summed E-state index contributed by atoms with van der Waals surface area (Å²) in [5, 5.41) is 13.2. The zero-order chi connectivity index (χ0) is 17.5. The smallest absolute Gasteiger partial charge is 0.191 e. The van der Waals surface area contributed by atoms with E-state index in [0.717, 1.165) is 19.0 Å². The van der Waals surface area contributed by atoms with Crippen LogP contribution >= 0.6 is 11.3 Å². The molecule has 0 saturated carbocycles. The van der Waals surface area contributed by atoms with Crippen LogP contribution in [-0.4, -0.2) is 47.8 Å². The molecule has 2 aromatic heterocycles. The second-order valence-corrected chi connectivity index (χ2v) is 7.03. The molecule has 6 nitrogen and oxygen atoms in total. The maximum atomic E-state index is 4.71. The summed E-state index contributed by atoms with van der Waals surface area (Å²) < 4.78 is 1.84. The van der Waals surface area contributed by atoms with Crippen molar-refractivity contribution in [1.82, 2.24) is 25.3 Å². The fraction of sp³-hybridized carbons (Fsp3) is 0.529. The molecule has 1 unspecified atom stereocenters. The van der Waals surface area contributed by atoms with Gasteiger partial charge >= 0.3 is 0 Å². The Morgan fingerprint density at radius 1 is 1.42 bits per heavy atom. The Morgan fingerprint density at radius 2 is 2.21 bits per heavy atom. The van der Waals surface area contributed by atoms with Crippen LogP contribution in [0.3, 0.4) is 0 Å². The first-order chi connectivity index (χ1) is 11.5. The second kappa shape index (κ2) is 8.84. The Hall–Kier alpha value is -1.86. The molecule has 2 aromatic rings. The third-order valence-corrected chi connectivity index (χ3v) is 4.90. The van der Waals surface area contributed by atoms with Crippen molar-refractivity contribution in [2.24, 2.45) is 12.0 Å². The fourth-order valence-electron chi connectivity index (χ4n) is 2.46. The highest BCUT2D eigenvalue weighted by Crippen LogP contribution is 2.17. The summed E-state index contributed by atoms with van der Waals surface area (Å²) in [5.41, 5.74) is 2.50. The van der Waals surface area contributed by atoms with Gasteiger partial charge in [-0.15, -0.1) is 11.3 Å².